The summed E-state index contributed by atoms with van der Waals surface area (Å²) in [6.45, 7) is 0. The third kappa shape index (κ3) is 1.12. The first kappa shape index (κ1) is 8.74. The number of aromatic nitrogens is 2. The first-order valence-corrected chi connectivity index (χ1v) is 4.82. The monoisotopic (exact) mass is 209 g/mol. The number of hydrogen-bond donors (Lipinski definition) is 1. The van der Waals surface area contributed by atoms with Crippen molar-refractivity contribution in [2.45, 2.75) is 0 Å². The number of fused-ring (bicyclic) bond motifs is 1. The van der Waals surface area contributed by atoms with Gasteiger partial charge in [-0.05, 0) is 6.07 Å². The fourth-order valence-electron chi connectivity index (χ4n) is 1.79. The molecule has 2 aromatic heterocycles. The van der Waals surface area contributed by atoms with Crippen molar-refractivity contribution < 1.29 is 4.52 Å². The van der Waals surface area contributed by atoms with Crippen LogP contribution in [-0.4, -0.2) is 10.1 Å². The minimum Gasteiger partial charge on any atom is -0.355 e. The average Bonchev–Trinajstić information content (AvgIpc) is 2.95. The van der Waals surface area contributed by atoms with Crippen LogP contribution in [0.4, 0.5) is 0 Å². The van der Waals surface area contributed by atoms with Gasteiger partial charge in [0, 0.05) is 17.0 Å². The van der Waals surface area contributed by atoms with E-state index in [2.05, 4.69) is 16.2 Å². The topological polar surface area (TPSA) is 65.6 Å². The van der Waals surface area contributed by atoms with E-state index in [-0.39, 0.29) is 0 Å². The molecule has 3 rings (SSSR count). The normalized spacial score (nSPS) is 10.4. The van der Waals surface area contributed by atoms with Crippen molar-refractivity contribution in [1.29, 1.82) is 5.26 Å². The summed E-state index contributed by atoms with van der Waals surface area (Å²) in [5.41, 5.74) is 2.19. The van der Waals surface area contributed by atoms with Crippen LogP contribution in [0.15, 0.2) is 41.1 Å². The maximum Gasteiger partial charge on any atom is 0.184 e. The van der Waals surface area contributed by atoms with E-state index >= 15 is 0 Å². The van der Waals surface area contributed by atoms with Gasteiger partial charge in [-0.1, -0.05) is 23.4 Å². The van der Waals surface area contributed by atoms with Crippen LogP contribution < -0.4 is 0 Å². The predicted octanol–water partition coefficient (Wildman–Crippen LogP) is 2.69. The fraction of sp³-hybridized carbons (Fsp3) is 0. The lowest BCUT2D eigenvalue weighted by Gasteiger charge is -1.89. The largest absolute Gasteiger partial charge is 0.355 e. The number of aromatic amines is 1. The second-order valence-electron chi connectivity index (χ2n) is 3.41. The van der Waals surface area contributed by atoms with Gasteiger partial charge < -0.3 is 9.51 Å². The fourth-order valence-corrected chi connectivity index (χ4v) is 1.79. The van der Waals surface area contributed by atoms with Gasteiger partial charge in [0.2, 0.25) is 0 Å². The molecule has 2 heterocycles. The zero-order valence-corrected chi connectivity index (χ0v) is 8.27. The number of rotatable bonds is 1. The molecule has 4 nitrogen and oxygen atoms in total. The molecular formula is C12H7N3O. The Labute approximate surface area is 91.1 Å². The molecule has 16 heavy (non-hydrogen) atoms. The molecule has 0 aliphatic rings. The maximum atomic E-state index is 9.17. The standard InChI is InChI=1S/C12H7N3O/c13-7-9-8-3-1-2-4-10(8)15-12(9)11-5-6-14-16-11/h1-6,15H. The van der Waals surface area contributed by atoms with E-state index in [9.17, 15) is 5.26 Å². The highest BCUT2D eigenvalue weighted by atomic mass is 16.5. The lowest BCUT2D eigenvalue weighted by atomic mass is 10.1. The molecule has 3 aromatic rings. The van der Waals surface area contributed by atoms with Crippen LogP contribution in [0.1, 0.15) is 5.56 Å². The first-order valence-electron chi connectivity index (χ1n) is 4.82. The SMILES string of the molecule is N#Cc1c(-c2ccno2)[nH]c2ccccc12. The first-order chi connectivity index (χ1) is 7.90. The van der Waals surface area contributed by atoms with Crippen LogP contribution in [0, 0.1) is 11.3 Å². The third-order valence-electron chi connectivity index (χ3n) is 2.50. The molecule has 0 spiro atoms. The van der Waals surface area contributed by atoms with E-state index in [0.717, 1.165) is 10.9 Å². The highest BCUT2D eigenvalue weighted by Gasteiger charge is 2.14. The Morgan fingerprint density at radius 2 is 2.12 bits per heavy atom. The van der Waals surface area contributed by atoms with Crippen LogP contribution in [0.5, 0.6) is 0 Å². The van der Waals surface area contributed by atoms with Gasteiger partial charge >= 0.3 is 0 Å². The van der Waals surface area contributed by atoms with Crippen LogP contribution in [0.2, 0.25) is 0 Å². The summed E-state index contributed by atoms with van der Waals surface area (Å²) in [4.78, 5) is 3.16. The molecule has 0 fully saturated rings. The van der Waals surface area contributed by atoms with Gasteiger partial charge in [0.05, 0.1) is 11.8 Å². The third-order valence-corrected chi connectivity index (χ3v) is 2.50. The molecule has 76 valence electrons. The Morgan fingerprint density at radius 3 is 2.88 bits per heavy atom. The highest BCUT2D eigenvalue weighted by Crippen LogP contribution is 2.29. The van der Waals surface area contributed by atoms with Gasteiger partial charge in [-0.2, -0.15) is 5.26 Å². The van der Waals surface area contributed by atoms with E-state index < -0.39 is 0 Å². The van der Waals surface area contributed by atoms with E-state index in [4.69, 9.17) is 4.52 Å². The smallest absolute Gasteiger partial charge is 0.184 e. The number of H-pyrrole nitrogens is 1. The second kappa shape index (κ2) is 3.24. The van der Waals surface area contributed by atoms with Crippen LogP contribution in [0.3, 0.4) is 0 Å². The molecule has 0 bridgehead atoms. The van der Waals surface area contributed by atoms with Crippen molar-refractivity contribution in [3.05, 3.63) is 42.1 Å². The minimum absolute atomic E-state index is 0.577. The van der Waals surface area contributed by atoms with E-state index in [1.807, 2.05) is 24.3 Å². The molecule has 0 saturated carbocycles. The number of nitriles is 1. The summed E-state index contributed by atoms with van der Waals surface area (Å²) in [5.74, 6) is 0.577. The Bertz CT molecular complexity index is 674. The van der Waals surface area contributed by atoms with E-state index in [1.165, 1.54) is 0 Å². The molecule has 0 aliphatic heterocycles. The molecule has 1 N–H and O–H groups in total. The molecule has 0 amide bonds. The van der Waals surface area contributed by atoms with Gasteiger partial charge in [0.1, 0.15) is 11.8 Å². The molecule has 4 heteroatoms. The maximum absolute atomic E-state index is 9.17. The summed E-state index contributed by atoms with van der Waals surface area (Å²) < 4.78 is 5.06. The van der Waals surface area contributed by atoms with E-state index in [1.54, 1.807) is 12.3 Å². The number of nitrogens with one attached hydrogen (secondary N) is 1. The molecule has 0 unspecified atom stereocenters. The van der Waals surface area contributed by atoms with Gasteiger partial charge in [-0.15, -0.1) is 0 Å². The Balaban J connectivity index is 2.38. The lowest BCUT2D eigenvalue weighted by Crippen LogP contribution is -1.77. The Kier molecular flexibility index (Phi) is 1.77. The molecule has 0 aliphatic carbocycles. The summed E-state index contributed by atoms with van der Waals surface area (Å²) in [5, 5.41) is 13.7. The summed E-state index contributed by atoms with van der Waals surface area (Å²) >= 11 is 0. The number of hydrogen-bond acceptors (Lipinski definition) is 3. The molecule has 0 radical (unpaired) electrons. The van der Waals surface area contributed by atoms with E-state index in [0.29, 0.717) is 17.0 Å². The van der Waals surface area contributed by atoms with Crippen molar-refractivity contribution in [3.63, 3.8) is 0 Å². The summed E-state index contributed by atoms with van der Waals surface area (Å²) in [6.07, 6.45) is 1.56. The van der Waals surface area contributed by atoms with Crippen molar-refractivity contribution in [2.75, 3.05) is 0 Å². The molecule has 1 aromatic carbocycles. The quantitative estimate of drug-likeness (QED) is 0.670. The second-order valence-corrected chi connectivity index (χ2v) is 3.41. The van der Waals surface area contributed by atoms with Gasteiger partial charge in [0.15, 0.2) is 5.76 Å². The Morgan fingerprint density at radius 1 is 1.25 bits per heavy atom. The van der Waals surface area contributed by atoms with Gasteiger partial charge in [-0.3, -0.25) is 0 Å². The zero-order valence-electron chi connectivity index (χ0n) is 8.27. The van der Waals surface area contributed by atoms with Crippen molar-refractivity contribution in [3.8, 4) is 17.5 Å². The lowest BCUT2D eigenvalue weighted by molar-refractivity contribution is 0.431. The number of para-hydroxylation sites is 1. The van der Waals surface area contributed by atoms with Crippen LogP contribution in [-0.2, 0) is 0 Å². The molecule has 0 atom stereocenters. The number of nitrogens with zero attached hydrogens (tertiary/aromatic N) is 2. The number of benzene rings is 1. The van der Waals surface area contributed by atoms with Gasteiger partial charge in [-0.25, -0.2) is 0 Å². The average molecular weight is 209 g/mol. The summed E-state index contributed by atoms with van der Waals surface area (Å²) in [6, 6.07) is 11.6. The zero-order chi connectivity index (χ0) is 11.0. The minimum atomic E-state index is 0.577. The van der Waals surface area contributed by atoms with Gasteiger partial charge in [0.25, 0.3) is 0 Å². The van der Waals surface area contributed by atoms with Crippen LogP contribution in [0.25, 0.3) is 22.4 Å². The van der Waals surface area contributed by atoms with Crippen LogP contribution >= 0.6 is 0 Å². The summed E-state index contributed by atoms with van der Waals surface area (Å²) in [7, 11) is 0. The van der Waals surface area contributed by atoms with Crippen molar-refractivity contribution >= 4 is 10.9 Å². The van der Waals surface area contributed by atoms with Crippen molar-refractivity contribution in [2.24, 2.45) is 0 Å². The Hall–Kier alpha value is -2.54. The molecular weight excluding hydrogens is 202 g/mol. The predicted molar refractivity (Wildman–Crippen MR) is 58.5 cm³/mol. The highest BCUT2D eigenvalue weighted by molar-refractivity contribution is 5.92. The molecule has 0 saturated heterocycles. The van der Waals surface area contributed by atoms with Crippen molar-refractivity contribution in [1.82, 2.24) is 10.1 Å².